The van der Waals surface area contributed by atoms with Gasteiger partial charge in [0.05, 0.1) is 0 Å². The minimum Gasteiger partial charge on any atom is -0.330 e. The van der Waals surface area contributed by atoms with Crippen molar-refractivity contribution in [2.45, 2.75) is 46.0 Å². The zero-order valence-corrected chi connectivity index (χ0v) is 11.9. The van der Waals surface area contributed by atoms with Gasteiger partial charge in [-0.15, -0.1) is 0 Å². The van der Waals surface area contributed by atoms with Crippen molar-refractivity contribution >= 4 is 0 Å². The molecular formula is C17H27N. The van der Waals surface area contributed by atoms with Crippen molar-refractivity contribution < 1.29 is 0 Å². The lowest BCUT2D eigenvalue weighted by Gasteiger charge is -2.41. The normalized spacial score (nSPS) is 28.6. The first-order valence-corrected chi connectivity index (χ1v) is 7.39. The largest absolute Gasteiger partial charge is 0.330 e. The van der Waals surface area contributed by atoms with Crippen LogP contribution in [0.25, 0.3) is 0 Å². The van der Waals surface area contributed by atoms with E-state index in [1.807, 2.05) is 0 Å². The summed E-state index contributed by atoms with van der Waals surface area (Å²) in [5.41, 5.74) is 7.93. The predicted molar refractivity (Wildman–Crippen MR) is 78.4 cm³/mol. The number of nitrogens with two attached hydrogens (primary N) is 1. The standard InChI is InChI=1S/C17H27N/c1-14(2)16-8-10-17(13-18,11-9-16)12-15-6-4-3-5-7-15/h3-7,14,16H,8-13,18H2,1-2H3. The maximum atomic E-state index is 6.11. The number of hydrogen-bond acceptors (Lipinski definition) is 1. The Morgan fingerprint density at radius 3 is 2.28 bits per heavy atom. The van der Waals surface area contributed by atoms with Crippen LogP contribution in [0.2, 0.25) is 0 Å². The van der Waals surface area contributed by atoms with E-state index in [0.717, 1.165) is 24.8 Å². The van der Waals surface area contributed by atoms with Gasteiger partial charge >= 0.3 is 0 Å². The van der Waals surface area contributed by atoms with Gasteiger partial charge in [-0.3, -0.25) is 0 Å². The van der Waals surface area contributed by atoms with Crippen LogP contribution >= 0.6 is 0 Å². The lowest BCUT2D eigenvalue weighted by Crippen LogP contribution is -2.37. The van der Waals surface area contributed by atoms with Gasteiger partial charge in [0.25, 0.3) is 0 Å². The summed E-state index contributed by atoms with van der Waals surface area (Å²) in [5.74, 6) is 1.75. The number of hydrogen-bond donors (Lipinski definition) is 1. The second-order valence-corrected chi connectivity index (χ2v) is 6.45. The fourth-order valence-electron chi connectivity index (χ4n) is 3.40. The highest BCUT2D eigenvalue weighted by Gasteiger charge is 2.34. The van der Waals surface area contributed by atoms with Crippen molar-refractivity contribution in [3.63, 3.8) is 0 Å². The van der Waals surface area contributed by atoms with E-state index in [2.05, 4.69) is 44.2 Å². The summed E-state index contributed by atoms with van der Waals surface area (Å²) in [4.78, 5) is 0. The smallest absolute Gasteiger partial charge is 0.00173 e. The highest BCUT2D eigenvalue weighted by atomic mass is 14.6. The molecule has 18 heavy (non-hydrogen) atoms. The second kappa shape index (κ2) is 5.88. The van der Waals surface area contributed by atoms with Gasteiger partial charge < -0.3 is 5.73 Å². The molecule has 0 unspecified atom stereocenters. The molecule has 1 aliphatic rings. The van der Waals surface area contributed by atoms with Gasteiger partial charge in [-0.05, 0) is 61.5 Å². The van der Waals surface area contributed by atoms with E-state index in [9.17, 15) is 0 Å². The molecule has 0 aromatic heterocycles. The minimum absolute atomic E-state index is 0.368. The van der Waals surface area contributed by atoms with Gasteiger partial charge in [-0.25, -0.2) is 0 Å². The molecule has 0 atom stereocenters. The first-order valence-electron chi connectivity index (χ1n) is 7.39. The van der Waals surface area contributed by atoms with Crippen molar-refractivity contribution in [1.29, 1.82) is 0 Å². The number of rotatable bonds is 4. The molecule has 1 aliphatic carbocycles. The molecule has 0 bridgehead atoms. The van der Waals surface area contributed by atoms with Crippen molar-refractivity contribution in [1.82, 2.24) is 0 Å². The van der Waals surface area contributed by atoms with E-state index in [1.54, 1.807) is 0 Å². The van der Waals surface area contributed by atoms with Crippen LogP contribution in [0.3, 0.4) is 0 Å². The Labute approximate surface area is 112 Å². The van der Waals surface area contributed by atoms with E-state index in [4.69, 9.17) is 5.73 Å². The molecule has 0 spiro atoms. The van der Waals surface area contributed by atoms with Crippen LogP contribution in [0.5, 0.6) is 0 Å². The summed E-state index contributed by atoms with van der Waals surface area (Å²) in [6, 6.07) is 10.9. The summed E-state index contributed by atoms with van der Waals surface area (Å²) in [6.45, 7) is 5.56. The molecule has 1 fully saturated rings. The Morgan fingerprint density at radius 1 is 1.17 bits per heavy atom. The Balaban J connectivity index is 2.00. The lowest BCUT2D eigenvalue weighted by molar-refractivity contribution is 0.132. The average Bonchev–Trinajstić information content (AvgIpc) is 2.40. The fourth-order valence-corrected chi connectivity index (χ4v) is 3.40. The van der Waals surface area contributed by atoms with Crippen molar-refractivity contribution in [2.75, 3.05) is 6.54 Å². The Morgan fingerprint density at radius 2 is 1.78 bits per heavy atom. The summed E-state index contributed by atoms with van der Waals surface area (Å²) >= 11 is 0. The van der Waals surface area contributed by atoms with Gasteiger partial charge in [0.1, 0.15) is 0 Å². The molecule has 1 heteroatoms. The van der Waals surface area contributed by atoms with Crippen LogP contribution < -0.4 is 5.73 Å². The Hall–Kier alpha value is -0.820. The Kier molecular flexibility index (Phi) is 4.45. The zero-order valence-electron chi connectivity index (χ0n) is 11.9. The third-order valence-corrected chi connectivity index (χ3v) is 4.89. The third-order valence-electron chi connectivity index (χ3n) is 4.89. The molecule has 0 heterocycles. The monoisotopic (exact) mass is 245 g/mol. The molecular weight excluding hydrogens is 218 g/mol. The highest BCUT2D eigenvalue weighted by Crippen LogP contribution is 2.42. The number of benzene rings is 1. The minimum atomic E-state index is 0.368. The van der Waals surface area contributed by atoms with E-state index < -0.39 is 0 Å². The molecule has 1 aromatic carbocycles. The summed E-state index contributed by atoms with van der Waals surface area (Å²) in [7, 11) is 0. The van der Waals surface area contributed by atoms with E-state index >= 15 is 0 Å². The van der Waals surface area contributed by atoms with Gasteiger partial charge in [0.2, 0.25) is 0 Å². The highest BCUT2D eigenvalue weighted by molar-refractivity contribution is 5.17. The van der Waals surface area contributed by atoms with Gasteiger partial charge in [-0.2, -0.15) is 0 Å². The van der Waals surface area contributed by atoms with Crippen LogP contribution in [0.1, 0.15) is 45.1 Å². The predicted octanol–water partition coefficient (Wildman–Crippen LogP) is 4.02. The molecule has 1 saturated carbocycles. The second-order valence-electron chi connectivity index (χ2n) is 6.45. The van der Waals surface area contributed by atoms with Gasteiger partial charge in [0, 0.05) is 0 Å². The van der Waals surface area contributed by atoms with Crippen LogP contribution in [0.4, 0.5) is 0 Å². The van der Waals surface area contributed by atoms with Crippen LogP contribution in [0.15, 0.2) is 30.3 Å². The molecule has 0 saturated heterocycles. The van der Waals surface area contributed by atoms with E-state index in [0.29, 0.717) is 5.41 Å². The lowest BCUT2D eigenvalue weighted by atomic mass is 9.65. The third kappa shape index (κ3) is 3.14. The summed E-state index contributed by atoms with van der Waals surface area (Å²) < 4.78 is 0. The summed E-state index contributed by atoms with van der Waals surface area (Å²) in [6.07, 6.45) is 6.50. The Bertz CT molecular complexity index is 347. The van der Waals surface area contributed by atoms with Crippen LogP contribution in [0, 0.1) is 17.3 Å². The van der Waals surface area contributed by atoms with Crippen molar-refractivity contribution in [3.05, 3.63) is 35.9 Å². The SMILES string of the molecule is CC(C)C1CCC(CN)(Cc2ccccc2)CC1. The van der Waals surface area contributed by atoms with E-state index in [1.165, 1.54) is 31.2 Å². The molecule has 0 aliphatic heterocycles. The van der Waals surface area contributed by atoms with Crippen molar-refractivity contribution in [3.8, 4) is 0 Å². The first kappa shape index (κ1) is 13.6. The van der Waals surface area contributed by atoms with Gasteiger partial charge in [-0.1, -0.05) is 44.2 Å². The molecule has 1 aromatic rings. The molecule has 2 N–H and O–H groups in total. The molecule has 0 amide bonds. The molecule has 100 valence electrons. The molecule has 2 rings (SSSR count). The fraction of sp³-hybridized carbons (Fsp3) is 0.647. The van der Waals surface area contributed by atoms with Gasteiger partial charge in [0.15, 0.2) is 0 Å². The topological polar surface area (TPSA) is 26.0 Å². The van der Waals surface area contributed by atoms with Crippen molar-refractivity contribution in [2.24, 2.45) is 23.0 Å². The zero-order chi connectivity index (χ0) is 13.0. The maximum absolute atomic E-state index is 6.11. The van der Waals surface area contributed by atoms with Crippen LogP contribution in [-0.4, -0.2) is 6.54 Å². The van der Waals surface area contributed by atoms with E-state index in [-0.39, 0.29) is 0 Å². The quantitative estimate of drug-likeness (QED) is 0.852. The van der Waals surface area contributed by atoms with Crippen LogP contribution in [-0.2, 0) is 6.42 Å². The average molecular weight is 245 g/mol. The molecule has 0 radical (unpaired) electrons. The first-order chi connectivity index (χ1) is 8.65. The molecule has 1 nitrogen and oxygen atoms in total. The maximum Gasteiger partial charge on any atom is -0.00173 e. The summed E-state index contributed by atoms with van der Waals surface area (Å²) in [5, 5.41) is 0.